The molecule has 144 valence electrons. The summed E-state index contributed by atoms with van der Waals surface area (Å²) in [6, 6.07) is 15.8. The first-order valence-corrected chi connectivity index (χ1v) is 10.6. The molecule has 7 heteroatoms. The SMILES string of the molecule is CC(=O)Nc1ccc(N[C@H]2CCCC[C@@H]2NS(=O)(=O)c2ccccc2)cc1. The highest BCUT2D eigenvalue weighted by Gasteiger charge is 2.29. The van der Waals surface area contributed by atoms with Crippen molar-refractivity contribution in [2.75, 3.05) is 10.6 Å². The van der Waals surface area contributed by atoms with Gasteiger partial charge in [-0.05, 0) is 49.2 Å². The first-order valence-electron chi connectivity index (χ1n) is 9.15. The van der Waals surface area contributed by atoms with E-state index in [1.54, 1.807) is 30.3 Å². The van der Waals surface area contributed by atoms with Crippen molar-refractivity contribution in [3.05, 3.63) is 54.6 Å². The van der Waals surface area contributed by atoms with Crippen molar-refractivity contribution in [2.24, 2.45) is 0 Å². The third-order valence-corrected chi connectivity index (χ3v) is 6.19. The Morgan fingerprint density at radius 1 is 0.889 bits per heavy atom. The Hall–Kier alpha value is -2.38. The van der Waals surface area contributed by atoms with Gasteiger partial charge in [0.15, 0.2) is 0 Å². The molecule has 2 aromatic rings. The number of amides is 1. The highest BCUT2D eigenvalue weighted by molar-refractivity contribution is 7.89. The molecule has 2 aromatic carbocycles. The summed E-state index contributed by atoms with van der Waals surface area (Å²) in [5.41, 5.74) is 1.64. The minimum atomic E-state index is -3.54. The molecule has 1 amide bonds. The molecule has 0 heterocycles. The van der Waals surface area contributed by atoms with Gasteiger partial charge in [0.1, 0.15) is 0 Å². The van der Waals surface area contributed by atoms with E-state index in [4.69, 9.17) is 0 Å². The second kappa shape index (κ2) is 8.54. The van der Waals surface area contributed by atoms with Crippen molar-refractivity contribution < 1.29 is 13.2 Å². The summed E-state index contributed by atoms with van der Waals surface area (Å²) < 4.78 is 28.2. The number of nitrogens with one attached hydrogen (secondary N) is 3. The Morgan fingerprint density at radius 2 is 1.48 bits per heavy atom. The van der Waals surface area contributed by atoms with E-state index in [1.165, 1.54) is 6.92 Å². The van der Waals surface area contributed by atoms with Crippen LogP contribution in [0.25, 0.3) is 0 Å². The Morgan fingerprint density at radius 3 is 2.11 bits per heavy atom. The molecular formula is C20H25N3O3S. The Labute approximate surface area is 160 Å². The zero-order valence-electron chi connectivity index (χ0n) is 15.3. The molecule has 6 nitrogen and oxygen atoms in total. The average Bonchev–Trinajstić information content (AvgIpc) is 2.65. The van der Waals surface area contributed by atoms with Gasteiger partial charge in [0, 0.05) is 30.4 Å². The maximum Gasteiger partial charge on any atom is 0.240 e. The Kier molecular flexibility index (Phi) is 6.13. The van der Waals surface area contributed by atoms with Gasteiger partial charge in [-0.25, -0.2) is 13.1 Å². The second-order valence-electron chi connectivity index (χ2n) is 6.83. The van der Waals surface area contributed by atoms with Crippen molar-refractivity contribution in [1.82, 2.24) is 4.72 Å². The number of benzene rings is 2. The van der Waals surface area contributed by atoms with E-state index in [1.807, 2.05) is 24.3 Å². The van der Waals surface area contributed by atoms with Crippen LogP contribution < -0.4 is 15.4 Å². The lowest BCUT2D eigenvalue weighted by Gasteiger charge is -2.33. The largest absolute Gasteiger partial charge is 0.381 e. The second-order valence-corrected chi connectivity index (χ2v) is 8.55. The minimum absolute atomic E-state index is 0.0175. The molecule has 1 aliphatic carbocycles. The summed E-state index contributed by atoms with van der Waals surface area (Å²) in [4.78, 5) is 11.4. The standard InChI is InChI=1S/C20H25N3O3S/c1-15(24)21-16-11-13-17(14-12-16)22-19-9-5-6-10-20(19)23-27(25,26)18-7-3-2-4-8-18/h2-4,7-8,11-14,19-20,22-23H,5-6,9-10H2,1H3,(H,21,24)/t19-,20-/m0/s1. The van der Waals surface area contributed by atoms with Crippen LogP contribution in [0.3, 0.4) is 0 Å². The summed E-state index contributed by atoms with van der Waals surface area (Å²) in [6.07, 6.45) is 3.76. The maximum absolute atomic E-state index is 12.7. The molecule has 0 radical (unpaired) electrons. The monoisotopic (exact) mass is 387 g/mol. The van der Waals surface area contributed by atoms with Crippen molar-refractivity contribution >= 4 is 27.3 Å². The minimum Gasteiger partial charge on any atom is -0.381 e. The number of carbonyl (C=O) groups is 1. The lowest BCUT2D eigenvalue weighted by Crippen LogP contribution is -2.48. The molecule has 0 aliphatic heterocycles. The first kappa shape index (κ1) is 19.4. The van der Waals surface area contributed by atoms with Gasteiger partial charge >= 0.3 is 0 Å². The van der Waals surface area contributed by atoms with Crippen LogP contribution >= 0.6 is 0 Å². The molecule has 0 saturated heterocycles. The zero-order chi connectivity index (χ0) is 19.3. The predicted molar refractivity (Wildman–Crippen MR) is 107 cm³/mol. The van der Waals surface area contributed by atoms with Gasteiger partial charge in [-0.15, -0.1) is 0 Å². The molecule has 0 unspecified atom stereocenters. The van der Waals surface area contributed by atoms with Crippen molar-refractivity contribution in [1.29, 1.82) is 0 Å². The molecular weight excluding hydrogens is 362 g/mol. The molecule has 0 spiro atoms. The summed E-state index contributed by atoms with van der Waals surface area (Å²) >= 11 is 0. The van der Waals surface area contributed by atoms with E-state index in [9.17, 15) is 13.2 Å². The fourth-order valence-electron chi connectivity index (χ4n) is 3.38. The maximum atomic E-state index is 12.7. The Bertz CT molecular complexity index is 867. The van der Waals surface area contributed by atoms with E-state index >= 15 is 0 Å². The van der Waals surface area contributed by atoms with Crippen molar-refractivity contribution in [2.45, 2.75) is 49.6 Å². The third-order valence-electron chi connectivity index (χ3n) is 4.68. The molecule has 3 rings (SSSR count). The number of carbonyl (C=O) groups excluding carboxylic acids is 1. The van der Waals surface area contributed by atoms with E-state index in [0.717, 1.165) is 37.1 Å². The van der Waals surface area contributed by atoms with Crippen LogP contribution in [-0.2, 0) is 14.8 Å². The van der Waals surface area contributed by atoms with Crippen molar-refractivity contribution in [3.63, 3.8) is 0 Å². The lowest BCUT2D eigenvalue weighted by molar-refractivity contribution is -0.114. The van der Waals surface area contributed by atoms with E-state index < -0.39 is 10.0 Å². The number of hydrogen-bond acceptors (Lipinski definition) is 4. The van der Waals surface area contributed by atoms with Crippen LogP contribution in [-0.4, -0.2) is 26.4 Å². The zero-order valence-corrected chi connectivity index (χ0v) is 16.1. The number of rotatable bonds is 6. The van der Waals surface area contributed by atoms with Crippen LogP contribution in [0.5, 0.6) is 0 Å². The van der Waals surface area contributed by atoms with Gasteiger partial charge in [-0.3, -0.25) is 4.79 Å². The summed E-state index contributed by atoms with van der Waals surface area (Å²) in [5, 5.41) is 6.18. The van der Waals surface area contributed by atoms with E-state index in [-0.39, 0.29) is 22.9 Å². The summed E-state index contributed by atoms with van der Waals surface area (Å²) in [7, 11) is -3.54. The lowest BCUT2D eigenvalue weighted by atomic mass is 9.91. The van der Waals surface area contributed by atoms with E-state index in [0.29, 0.717) is 0 Å². The number of hydrogen-bond donors (Lipinski definition) is 3. The number of anilines is 2. The van der Waals surface area contributed by atoms with Gasteiger partial charge in [-0.1, -0.05) is 31.0 Å². The van der Waals surface area contributed by atoms with Gasteiger partial charge in [0.25, 0.3) is 0 Å². The van der Waals surface area contributed by atoms with Gasteiger partial charge in [-0.2, -0.15) is 0 Å². The Balaban J connectivity index is 1.69. The molecule has 1 saturated carbocycles. The van der Waals surface area contributed by atoms with Crippen LogP contribution in [0.1, 0.15) is 32.6 Å². The molecule has 2 atom stereocenters. The third kappa shape index (κ3) is 5.30. The smallest absolute Gasteiger partial charge is 0.240 e. The quantitative estimate of drug-likeness (QED) is 0.709. The van der Waals surface area contributed by atoms with Gasteiger partial charge in [0.05, 0.1) is 4.90 Å². The molecule has 0 aromatic heterocycles. The van der Waals surface area contributed by atoms with Gasteiger partial charge in [0.2, 0.25) is 15.9 Å². The molecule has 1 aliphatic rings. The van der Waals surface area contributed by atoms with Crippen molar-refractivity contribution in [3.8, 4) is 0 Å². The van der Waals surface area contributed by atoms with Crippen LogP contribution in [0.2, 0.25) is 0 Å². The predicted octanol–water partition coefficient (Wildman–Crippen LogP) is 3.35. The first-order chi connectivity index (χ1) is 12.9. The highest BCUT2D eigenvalue weighted by Crippen LogP contribution is 2.25. The van der Waals surface area contributed by atoms with E-state index in [2.05, 4.69) is 15.4 Å². The summed E-state index contributed by atoms with van der Waals surface area (Å²) in [5.74, 6) is -0.113. The van der Waals surface area contributed by atoms with Gasteiger partial charge < -0.3 is 10.6 Å². The fourth-order valence-corrected chi connectivity index (χ4v) is 4.71. The number of sulfonamides is 1. The average molecular weight is 388 g/mol. The fraction of sp³-hybridized carbons (Fsp3) is 0.350. The molecule has 27 heavy (non-hydrogen) atoms. The normalized spacial score (nSPS) is 20.0. The molecule has 1 fully saturated rings. The van der Waals surface area contributed by atoms with Crippen LogP contribution in [0.4, 0.5) is 11.4 Å². The summed E-state index contributed by atoms with van der Waals surface area (Å²) in [6.45, 7) is 1.47. The topological polar surface area (TPSA) is 87.3 Å². The van der Waals surface area contributed by atoms with Crippen LogP contribution in [0, 0.1) is 0 Å². The molecule has 3 N–H and O–H groups in total. The van der Waals surface area contributed by atoms with Crippen LogP contribution in [0.15, 0.2) is 59.5 Å². The highest BCUT2D eigenvalue weighted by atomic mass is 32.2. The molecule has 0 bridgehead atoms.